The number of aromatic nitrogens is 1. The maximum absolute atomic E-state index is 5.82. The molecule has 21 heavy (non-hydrogen) atoms. The van der Waals surface area contributed by atoms with E-state index in [4.69, 9.17) is 4.42 Å². The first kappa shape index (κ1) is 16.0. The third kappa shape index (κ3) is 3.64. The van der Waals surface area contributed by atoms with Crippen LogP contribution in [0, 0.1) is 6.92 Å². The Hall–Kier alpha value is -1.36. The van der Waals surface area contributed by atoms with Crippen LogP contribution in [0.15, 0.2) is 34.7 Å². The van der Waals surface area contributed by atoms with Crippen LogP contribution in [0.25, 0.3) is 11.5 Å². The molecule has 0 spiro atoms. The fraction of sp³-hybridized carbons (Fsp3) is 0.438. The molecule has 1 N–H and O–H groups in total. The van der Waals surface area contributed by atoms with Gasteiger partial charge >= 0.3 is 0 Å². The molecule has 1 aliphatic rings. The zero-order valence-corrected chi connectivity index (χ0v) is 13.3. The van der Waals surface area contributed by atoms with Crippen LogP contribution >= 0.6 is 12.4 Å². The van der Waals surface area contributed by atoms with Gasteiger partial charge in [0.2, 0.25) is 5.89 Å². The van der Waals surface area contributed by atoms with Crippen molar-refractivity contribution in [3.8, 4) is 11.5 Å². The first-order valence-electron chi connectivity index (χ1n) is 7.20. The summed E-state index contributed by atoms with van der Waals surface area (Å²) in [5.41, 5.74) is 2.09. The average Bonchev–Trinajstić information content (AvgIpc) is 2.84. The van der Waals surface area contributed by atoms with Gasteiger partial charge in [-0.3, -0.25) is 4.90 Å². The largest absolute Gasteiger partial charge is 0.441 e. The molecule has 0 amide bonds. The molecule has 2 aromatic rings. The van der Waals surface area contributed by atoms with Crippen LogP contribution in [0.5, 0.6) is 0 Å². The molecule has 1 aromatic heterocycles. The molecule has 0 aliphatic carbocycles. The lowest BCUT2D eigenvalue weighted by molar-refractivity contribution is 0.163. The van der Waals surface area contributed by atoms with E-state index in [9.17, 15) is 0 Å². The van der Waals surface area contributed by atoms with E-state index < -0.39 is 0 Å². The molecule has 5 heteroatoms. The summed E-state index contributed by atoms with van der Waals surface area (Å²) >= 11 is 0. The van der Waals surface area contributed by atoms with Gasteiger partial charge < -0.3 is 9.73 Å². The van der Waals surface area contributed by atoms with E-state index in [0.29, 0.717) is 6.04 Å². The third-order valence-corrected chi connectivity index (χ3v) is 3.91. The van der Waals surface area contributed by atoms with E-state index >= 15 is 0 Å². The van der Waals surface area contributed by atoms with Gasteiger partial charge in [0.15, 0.2) is 0 Å². The molecular formula is C16H22ClN3O. The zero-order valence-electron chi connectivity index (χ0n) is 12.5. The number of benzene rings is 1. The van der Waals surface area contributed by atoms with Gasteiger partial charge in [-0.25, -0.2) is 4.98 Å². The number of aryl methyl sites for hydroxylation is 1. The lowest BCUT2D eigenvalue weighted by Gasteiger charge is -2.33. The van der Waals surface area contributed by atoms with Crippen LogP contribution in [0.1, 0.15) is 18.4 Å². The molecule has 1 saturated heterocycles. The monoisotopic (exact) mass is 307 g/mol. The molecule has 1 atom stereocenters. The van der Waals surface area contributed by atoms with Crippen molar-refractivity contribution in [2.24, 2.45) is 0 Å². The van der Waals surface area contributed by atoms with E-state index in [1.807, 2.05) is 37.3 Å². The van der Waals surface area contributed by atoms with E-state index in [1.54, 1.807) is 0 Å². The summed E-state index contributed by atoms with van der Waals surface area (Å²) in [6.45, 7) is 8.27. The lowest BCUT2D eigenvalue weighted by Crippen LogP contribution is -2.49. The Morgan fingerprint density at radius 3 is 2.81 bits per heavy atom. The number of hydrogen-bond acceptors (Lipinski definition) is 4. The van der Waals surface area contributed by atoms with Gasteiger partial charge in [-0.15, -0.1) is 12.4 Å². The molecule has 0 saturated carbocycles. The van der Waals surface area contributed by atoms with Crippen molar-refractivity contribution in [3.05, 3.63) is 41.8 Å². The highest BCUT2D eigenvalue weighted by atomic mass is 35.5. The van der Waals surface area contributed by atoms with Crippen LogP contribution < -0.4 is 5.32 Å². The van der Waals surface area contributed by atoms with Crippen molar-refractivity contribution in [2.75, 3.05) is 19.6 Å². The quantitative estimate of drug-likeness (QED) is 0.947. The molecule has 3 rings (SSSR count). The first-order valence-corrected chi connectivity index (χ1v) is 7.20. The van der Waals surface area contributed by atoms with Gasteiger partial charge in [-0.05, 0) is 26.0 Å². The van der Waals surface area contributed by atoms with Gasteiger partial charge in [0.1, 0.15) is 5.76 Å². The first-order chi connectivity index (χ1) is 9.74. The molecule has 0 unspecified atom stereocenters. The summed E-state index contributed by atoms with van der Waals surface area (Å²) in [6, 6.07) is 10.6. The normalized spacial score (nSPS) is 19.2. The highest BCUT2D eigenvalue weighted by Crippen LogP contribution is 2.22. The topological polar surface area (TPSA) is 41.3 Å². The van der Waals surface area contributed by atoms with Crippen LogP contribution in [0.3, 0.4) is 0 Å². The van der Waals surface area contributed by atoms with Crippen LogP contribution in [-0.2, 0) is 6.54 Å². The molecule has 0 radical (unpaired) electrons. The van der Waals surface area contributed by atoms with E-state index in [2.05, 4.69) is 22.1 Å². The third-order valence-electron chi connectivity index (χ3n) is 3.91. The maximum Gasteiger partial charge on any atom is 0.226 e. The summed E-state index contributed by atoms with van der Waals surface area (Å²) in [6.07, 6.45) is 0. The molecular weight excluding hydrogens is 286 g/mol. The zero-order chi connectivity index (χ0) is 13.9. The molecule has 1 fully saturated rings. The Kier molecular flexibility index (Phi) is 5.39. The molecule has 114 valence electrons. The fourth-order valence-electron chi connectivity index (χ4n) is 2.59. The standard InChI is InChI=1S/C16H21N3O.ClH/c1-12-10-17-8-9-19(12)11-15-13(2)20-16(18-15)14-6-4-3-5-7-14;/h3-7,12,17H,8-11H2,1-2H3;1H/t12-;/m1./s1. The second-order valence-electron chi connectivity index (χ2n) is 5.41. The van der Waals surface area contributed by atoms with E-state index in [0.717, 1.165) is 49.1 Å². The number of nitrogens with zero attached hydrogens (tertiary/aromatic N) is 2. The Bertz CT molecular complexity index is 570. The minimum atomic E-state index is 0. The van der Waals surface area contributed by atoms with E-state index in [-0.39, 0.29) is 12.4 Å². The van der Waals surface area contributed by atoms with Crippen molar-refractivity contribution in [2.45, 2.75) is 26.4 Å². The summed E-state index contributed by atoms with van der Waals surface area (Å²) in [5, 5.41) is 3.41. The summed E-state index contributed by atoms with van der Waals surface area (Å²) < 4.78 is 5.82. The maximum atomic E-state index is 5.82. The smallest absolute Gasteiger partial charge is 0.226 e. The van der Waals surface area contributed by atoms with E-state index in [1.165, 1.54) is 0 Å². The number of nitrogens with one attached hydrogen (secondary N) is 1. The number of oxazole rings is 1. The Balaban J connectivity index is 0.00000161. The number of rotatable bonds is 3. The fourth-order valence-corrected chi connectivity index (χ4v) is 2.59. The lowest BCUT2D eigenvalue weighted by atomic mass is 10.2. The summed E-state index contributed by atoms with van der Waals surface area (Å²) in [7, 11) is 0. The highest BCUT2D eigenvalue weighted by Gasteiger charge is 2.21. The Morgan fingerprint density at radius 2 is 2.10 bits per heavy atom. The van der Waals surface area contributed by atoms with Crippen molar-refractivity contribution in [1.82, 2.24) is 15.2 Å². The molecule has 1 aromatic carbocycles. The number of piperazine rings is 1. The minimum Gasteiger partial charge on any atom is -0.441 e. The van der Waals surface area contributed by atoms with Gasteiger partial charge in [-0.2, -0.15) is 0 Å². The van der Waals surface area contributed by atoms with Gasteiger partial charge in [-0.1, -0.05) is 18.2 Å². The minimum absolute atomic E-state index is 0. The van der Waals surface area contributed by atoms with Crippen LogP contribution in [-0.4, -0.2) is 35.6 Å². The summed E-state index contributed by atoms with van der Waals surface area (Å²) in [4.78, 5) is 7.13. The SMILES string of the molecule is Cc1oc(-c2ccccc2)nc1CN1CCNC[C@H]1C.Cl. The predicted molar refractivity (Wildman–Crippen MR) is 86.7 cm³/mol. The average molecular weight is 308 g/mol. The highest BCUT2D eigenvalue weighted by molar-refractivity contribution is 5.85. The van der Waals surface area contributed by atoms with Gasteiger partial charge in [0.25, 0.3) is 0 Å². The van der Waals surface area contributed by atoms with Crippen molar-refractivity contribution in [1.29, 1.82) is 0 Å². The van der Waals surface area contributed by atoms with Gasteiger partial charge in [0.05, 0.1) is 5.69 Å². The van der Waals surface area contributed by atoms with Crippen LogP contribution in [0.4, 0.5) is 0 Å². The van der Waals surface area contributed by atoms with Crippen molar-refractivity contribution in [3.63, 3.8) is 0 Å². The molecule has 1 aliphatic heterocycles. The second kappa shape index (κ2) is 7.07. The van der Waals surface area contributed by atoms with Crippen molar-refractivity contribution >= 4 is 12.4 Å². The summed E-state index contributed by atoms with van der Waals surface area (Å²) in [5.74, 6) is 1.65. The van der Waals surface area contributed by atoms with Crippen LogP contribution in [0.2, 0.25) is 0 Å². The van der Waals surface area contributed by atoms with Crippen molar-refractivity contribution < 1.29 is 4.42 Å². The molecule has 4 nitrogen and oxygen atoms in total. The molecule has 0 bridgehead atoms. The Morgan fingerprint density at radius 1 is 1.33 bits per heavy atom. The number of hydrogen-bond donors (Lipinski definition) is 1. The van der Waals surface area contributed by atoms with Gasteiger partial charge in [0, 0.05) is 37.8 Å². The Labute approximate surface area is 132 Å². The predicted octanol–water partition coefficient (Wildman–Crippen LogP) is 2.87. The number of halogens is 1. The second-order valence-corrected chi connectivity index (χ2v) is 5.41. The molecule has 2 heterocycles.